The van der Waals surface area contributed by atoms with Gasteiger partial charge in [-0.1, -0.05) is 22.9 Å². The van der Waals surface area contributed by atoms with Crippen molar-refractivity contribution < 1.29 is 14.2 Å². The van der Waals surface area contributed by atoms with Crippen molar-refractivity contribution in [2.45, 2.75) is 12.8 Å². The topological polar surface area (TPSA) is 27.7 Å². The predicted octanol–water partition coefficient (Wildman–Crippen LogP) is 3.21. The van der Waals surface area contributed by atoms with Gasteiger partial charge in [-0.05, 0) is 12.0 Å². The molecule has 1 aromatic carbocycles. The van der Waals surface area contributed by atoms with E-state index in [0.717, 1.165) is 22.4 Å². The molecule has 0 saturated heterocycles. The molecule has 3 nitrogen and oxygen atoms in total. The van der Waals surface area contributed by atoms with Gasteiger partial charge in [-0.2, -0.15) is 0 Å². The summed E-state index contributed by atoms with van der Waals surface area (Å²) in [6, 6.07) is 3.82. The van der Waals surface area contributed by atoms with Gasteiger partial charge in [-0.25, -0.2) is 0 Å². The standard InChI is InChI=1S/C12H17BrO3/c1-8(7-13)9-5-11(15-3)12(16-4)6-10(9)14-2/h5-6,8H,7H2,1-4H3. The number of methoxy groups -OCH3 is 3. The maximum Gasteiger partial charge on any atom is 0.164 e. The molecular formula is C12H17BrO3. The molecule has 0 aromatic heterocycles. The number of hydrogen-bond acceptors (Lipinski definition) is 3. The molecule has 0 aliphatic carbocycles. The van der Waals surface area contributed by atoms with Crippen LogP contribution in [0.5, 0.6) is 17.2 Å². The molecule has 0 spiro atoms. The normalized spacial score (nSPS) is 12.1. The molecule has 0 amide bonds. The van der Waals surface area contributed by atoms with Crippen LogP contribution in [0.3, 0.4) is 0 Å². The fraction of sp³-hybridized carbons (Fsp3) is 0.500. The average molecular weight is 289 g/mol. The van der Waals surface area contributed by atoms with Crippen LogP contribution >= 0.6 is 15.9 Å². The summed E-state index contributed by atoms with van der Waals surface area (Å²) >= 11 is 3.47. The first-order chi connectivity index (χ1) is 7.67. The van der Waals surface area contributed by atoms with Gasteiger partial charge in [-0.15, -0.1) is 0 Å². The highest BCUT2D eigenvalue weighted by atomic mass is 79.9. The minimum Gasteiger partial charge on any atom is -0.496 e. The highest BCUT2D eigenvalue weighted by Gasteiger charge is 2.15. The smallest absolute Gasteiger partial charge is 0.164 e. The Morgan fingerprint density at radius 1 is 1.00 bits per heavy atom. The zero-order valence-corrected chi connectivity index (χ0v) is 11.6. The number of benzene rings is 1. The second kappa shape index (κ2) is 5.99. The van der Waals surface area contributed by atoms with Crippen LogP contribution in [0.1, 0.15) is 18.4 Å². The van der Waals surface area contributed by atoms with E-state index in [0.29, 0.717) is 11.7 Å². The van der Waals surface area contributed by atoms with E-state index in [9.17, 15) is 0 Å². The SMILES string of the molecule is COc1cc(OC)c(C(C)CBr)cc1OC. The number of ether oxygens (including phenoxy) is 3. The van der Waals surface area contributed by atoms with Crippen LogP contribution in [-0.4, -0.2) is 26.7 Å². The Morgan fingerprint density at radius 3 is 1.94 bits per heavy atom. The molecule has 4 heteroatoms. The van der Waals surface area contributed by atoms with Gasteiger partial charge < -0.3 is 14.2 Å². The van der Waals surface area contributed by atoms with Crippen LogP contribution in [0, 0.1) is 0 Å². The molecule has 90 valence electrons. The van der Waals surface area contributed by atoms with E-state index in [1.54, 1.807) is 21.3 Å². The summed E-state index contributed by atoms with van der Waals surface area (Å²) in [4.78, 5) is 0. The van der Waals surface area contributed by atoms with Crippen molar-refractivity contribution in [3.05, 3.63) is 17.7 Å². The van der Waals surface area contributed by atoms with Crippen LogP contribution in [-0.2, 0) is 0 Å². The molecular weight excluding hydrogens is 272 g/mol. The lowest BCUT2D eigenvalue weighted by molar-refractivity contribution is 0.347. The zero-order chi connectivity index (χ0) is 12.1. The van der Waals surface area contributed by atoms with Crippen molar-refractivity contribution in [3.8, 4) is 17.2 Å². The summed E-state index contributed by atoms with van der Waals surface area (Å²) in [6.07, 6.45) is 0. The lowest BCUT2D eigenvalue weighted by atomic mass is 10.0. The van der Waals surface area contributed by atoms with Crippen molar-refractivity contribution in [3.63, 3.8) is 0 Å². The molecule has 1 unspecified atom stereocenters. The van der Waals surface area contributed by atoms with Crippen LogP contribution < -0.4 is 14.2 Å². The van der Waals surface area contributed by atoms with Gasteiger partial charge >= 0.3 is 0 Å². The second-order valence-electron chi connectivity index (χ2n) is 3.50. The van der Waals surface area contributed by atoms with Crippen molar-refractivity contribution in [1.29, 1.82) is 0 Å². The summed E-state index contributed by atoms with van der Waals surface area (Å²) < 4.78 is 15.9. The average Bonchev–Trinajstić information content (AvgIpc) is 2.35. The maximum atomic E-state index is 5.35. The van der Waals surface area contributed by atoms with Gasteiger partial charge in [0.05, 0.1) is 21.3 Å². The van der Waals surface area contributed by atoms with Crippen molar-refractivity contribution in [1.82, 2.24) is 0 Å². The van der Waals surface area contributed by atoms with Gasteiger partial charge in [0.2, 0.25) is 0 Å². The van der Waals surface area contributed by atoms with E-state index in [1.807, 2.05) is 12.1 Å². The Labute approximate surface area is 105 Å². The Kier molecular flexibility index (Phi) is 4.93. The van der Waals surface area contributed by atoms with Gasteiger partial charge in [-0.3, -0.25) is 0 Å². The Balaban J connectivity index is 3.25. The molecule has 0 radical (unpaired) electrons. The van der Waals surface area contributed by atoms with Crippen molar-refractivity contribution in [2.24, 2.45) is 0 Å². The number of hydrogen-bond donors (Lipinski definition) is 0. The molecule has 0 N–H and O–H groups in total. The molecule has 0 bridgehead atoms. The molecule has 1 rings (SSSR count). The first kappa shape index (κ1) is 13.2. The summed E-state index contributed by atoms with van der Waals surface area (Å²) in [5, 5.41) is 0.874. The fourth-order valence-electron chi connectivity index (χ4n) is 1.52. The largest absolute Gasteiger partial charge is 0.496 e. The van der Waals surface area contributed by atoms with Gasteiger partial charge in [0, 0.05) is 17.0 Å². The molecule has 0 aliphatic heterocycles. The maximum absolute atomic E-state index is 5.35. The first-order valence-corrected chi connectivity index (χ1v) is 6.15. The fourth-order valence-corrected chi connectivity index (χ4v) is 1.87. The number of halogens is 1. The zero-order valence-electron chi connectivity index (χ0n) is 10.0. The second-order valence-corrected chi connectivity index (χ2v) is 4.15. The lowest BCUT2D eigenvalue weighted by Crippen LogP contribution is -2.01. The van der Waals surface area contributed by atoms with Crippen molar-refractivity contribution >= 4 is 15.9 Å². The molecule has 16 heavy (non-hydrogen) atoms. The van der Waals surface area contributed by atoms with Crippen LogP contribution in [0.2, 0.25) is 0 Å². The highest BCUT2D eigenvalue weighted by Crippen LogP contribution is 2.38. The van der Waals surface area contributed by atoms with Gasteiger partial charge in [0.1, 0.15) is 5.75 Å². The first-order valence-electron chi connectivity index (χ1n) is 5.03. The molecule has 0 saturated carbocycles. The molecule has 1 atom stereocenters. The minimum atomic E-state index is 0.356. The Bertz CT molecular complexity index is 352. The Morgan fingerprint density at radius 2 is 1.50 bits per heavy atom. The lowest BCUT2D eigenvalue weighted by Gasteiger charge is -2.17. The predicted molar refractivity (Wildman–Crippen MR) is 68.3 cm³/mol. The number of rotatable bonds is 5. The van der Waals surface area contributed by atoms with Crippen LogP contribution in [0.15, 0.2) is 12.1 Å². The van der Waals surface area contributed by atoms with Crippen LogP contribution in [0.25, 0.3) is 0 Å². The minimum absolute atomic E-state index is 0.356. The van der Waals surface area contributed by atoms with E-state index < -0.39 is 0 Å². The van der Waals surface area contributed by atoms with E-state index >= 15 is 0 Å². The van der Waals surface area contributed by atoms with E-state index in [4.69, 9.17) is 14.2 Å². The van der Waals surface area contributed by atoms with E-state index in [2.05, 4.69) is 22.9 Å². The van der Waals surface area contributed by atoms with E-state index in [-0.39, 0.29) is 0 Å². The summed E-state index contributed by atoms with van der Waals surface area (Å²) in [7, 11) is 4.91. The Hall–Kier alpha value is -0.900. The number of alkyl halides is 1. The highest BCUT2D eigenvalue weighted by molar-refractivity contribution is 9.09. The van der Waals surface area contributed by atoms with Gasteiger partial charge in [0.25, 0.3) is 0 Å². The van der Waals surface area contributed by atoms with Crippen LogP contribution in [0.4, 0.5) is 0 Å². The summed E-state index contributed by atoms with van der Waals surface area (Å²) in [5.41, 5.74) is 1.11. The molecule has 0 aliphatic rings. The molecule has 0 heterocycles. The molecule has 1 aromatic rings. The third-order valence-electron chi connectivity index (χ3n) is 2.50. The monoisotopic (exact) mass is 288 g/mol. The summed E-state index contributed by atoms with van der Waals surface area (Å²) in [5.74, 6) is 2.59. The van der Waals surface area contributed by atoms with Gasteiger partial charge in [0.15, 0.2) is 11.5 Å². The third-order valence-corrected chi connectivity index (χ3v) is 3.47. The summed E-state index contributed by atoms with van der Waals surface area (Å²) in [6.45, 7) is 2.12. The molecule has 0 fully saturated rings. The van der Waals surface area contributed by atoms with E-state index in [1.165, 1.54) is 0 Å². The quantitative estimate of drug-likeness (QED) is 0.779. The van der Waals surface area contributed by atoms with Crippen molar-refractivity contribution in [2.75, 3.05) is 26.7 Å². The third kappa shape index (κ3) is 2.61.